The number of hydrogen-bond acceptors (Lipinski definition) is 2. The van der Waals surface area contributed by atoms with E-state index in [0.717, 1.165) is 12.0 Å². The number of pyridine rings is 1. The highest BCUT2D eigenvalue weighted by Gasteiger charge is 2.16. The van der Waals surface area contributed by atoms with Crippen LogP contribution in [0.15, 0.2) is 42.6 Å². The van der Waals surface area contributed by atoms with E-state index in [0.29, 0.717) is 16.3 Å². The minimum absolute atomic E-state index is 0.118. The lowest BCUT2D eigenvalue weighted by Gasteiger charge is -2.08. The van der Waals surface area contributed by atoms with Crippen molar-refractivity contribution in [1.82, 2.24) is 4.98 Å². The van der Waals surface area contributed by atoms with Gasteiger partial charge in [-0.2, -0.15) is 0 Å². The molecule has 0 aliphatic heterocycles. The van der Waals surface area contributed by atoms with Crippen molar-refractivity contribution >= 4 is 17.4 Å². The molecule has 2 nitrogen and oxygen atoms in total. The number of carbonyl (C=O) groups excluding carboxylic acids is 1. The summed E-state index contributed by atoms with van der Waals surface area (Å²) in [6.07, 6.45) is 2.38. The normalized spacial score (nSPS) is 10.2. The molecule has 0 unspecified atom stereocenters. The molecule has 0 radical (unpaired) electrons. The van der Waals surface area contributed by atoms with E-state index >= 15 is 0 Å². The van der Waals surface area contributed by atoms with Crippen molar-refractivity contribution in [3.05, 3.63) is 64.4 Å². The fourth-order valence-corrected chi connectivity index (χ4v) is 2.02. The van der Waals surface area contributed by atoms with Gasteiger partial charge in [-0.25, -0.2) is 0 Å². The van der Waals surface area contributed by atoms with Crippen LogP contribution >= 0.6 is 11.6 Å². The summed E-state index contributed by atoms with van der Waals surface area (Å²) in [5.41, 5.74) is 1.94. The molecule has 1 aromatic heterocycles. The maximum Gasteiger partial charge on any atom is 0.213 e. The monoisotopic (exact) mass is 245 g/mol. The standard InChI is InChI=1S/C14H12ClNO/c1-2-10-6-5-7-11(15)13(10)14(17)12-8-3-4-9-16-12/h3-9H,2H2,1H3. The molecule has 0 bridgehead atoms. The van der Waals surface area contributed by atoms with Gasteiger partial charge in [-0.1, -0.05) is 36.7 Å². The predicted octanol–water partition coefficient (Wildman–Crippen LogP) is 3.53. The fraction of sp³-hybridized carbons (Fsp3) is 0.143. The van der Waals surface area contributed by atoms with E-state index in [1.54, 1.807) is 30.5 Å². The largest absolute Gasteiger partial charge is 0.287 e. The molecule has 1 heterocycles. The molecule has 3 heteroatoms. The summed E-state index contributed by atoms with van der Waals surface area (Å²) in [7, 11) is 0. The molecule has 0 fully saturated rings. The lowest BCUT2D eigenvalue weighted by atomic mass is 9.99. The first-order valence-corrected chi connectivity index (χ1v) is 5.85. The molecule has 86 valence electrons. The Balaban J connectivity index is 2.51. The summed E-state index contributed by atoms with van der Waals surface area (Å²) in [6.45, 7) is 2.00. The van der Waals surface area contributed by atoms with Crippen LogP contribution in [0.5, 0.6) is 0 Å². The van der Waals surface area contributed by atoms with Gasteiger partial charge in [0.25, 0.3) is 0 Å². The van der Waals surface area contributed by atoms with Crippen molar-refractivity contribution in [2.24, 2.45) is 0 Å². The average Bonchev–Trinajstić information content (AvgIpc) is 2.38. The summed E-state index contributed by atoms with van der Waals surface area (Å²) >= 11 is 6.10. The summed E-state index contributed by atoms with van der Waals surface area (Å²) in [6, 6.07) is 10.8. The Hall–Kier alpha value is -1.67. The van der Waals surface area contributed by atoms with Crippen LogP contribution in [0.3, 0.4) is 0 Å². The molecule has 2 rings (SSSR count). The molecule has 0 saturated carbocycles. The lowest BCUT2D eigenvalue weighted by molar-refractivity contribution is 0.103. The van der Waals surface area contributed by atoms with Gasteiger partial charge in [0, 0.05) is 11.8 Å². The minimum Gasteiger partial charge on any atom is -0.287 e. The van der Waals surface area contributed by atoms with E-state index in [1.165, 1.54) is 0 Å². The summed E-state index contributed by atoms with van der Waals surface area (Å²) < 4.78 is 0. The second-order valence-corrected chi connectivity index (χ2v) is 4.08. The maximum atomic E-state index is 12.3. The lowest BCUT2D eigenvalue weighted by Crippen LogP contribution is -2.07. The quantitative estimate of drug-likeness (QED) is 0.775. The van der Waals surface area contributed by atoms with E-state index < -0.39 is 0 Å². The Labute approximate surface area is 105 Å². The van der Waals surface area contributed by atoms with Crippen LogP contribution < -0.4 is 0 Å². The summed E-state index contributed by atoms with van der Waals surface area (Å²) in [5.74, 6) is -0.118. The zero-order chi connectivity index (χ0) is 12.3. The third kappa shape index (κ3) is 2.37. The number of hydrogen-bond donors (Lipinski definition) is 0. The number of aryl methyl sites for hydroxylation is 1. The van der Waals surface area contributed by atoms with Gasteiger partial charge in [-0.15, -0.1) is 0 Å². The Morgan fingerprint density at radius 1 is 1.24 bits per heavy atom. The Morgan fingerprint density at radius 2 is 2.06 bits per heavy atom. The number of rotatable bonds is 3. The van der Waals surface area contributed by atoms with Gasteiger partial charge in [0.05, 0.1) is 5.02 Å². The first-order valence-electron chi connectivity index (χ1n) is 5.47. The second-order valence-electron chi connectivity index (χ2n) is 3.67. The SMILES string of the molecule is CCc1cccc(Cl)c1C(=O)c1ccccn1. The molecule has 0 aliphatic carbocycles. The van der Waals surface area contributed by atoms with Gasteiger partial charge >= 0.3 is 0 Å². The van der Waals surface area contributed by atoms with Crippen LogP contribution in [-0.4, -0.2) is 10.8 Å². The Kier molecular flexibility index (Phi) is 3.55. The smallest absolute Gasteiger partial charge is 0.213 e. The van der Waals surface area contributed by atoms with Crippen molar-refractivity contribution in [2.75, 3.05) is 0 Å². The predicted molar refractivity (Wildman–Crippen MR) is 68.5 cm³/mol. The third-order valence-electron chi connectivity index (χ3n) is 2.61. The molecule has 0 amide bonds. The molecule has 1 aromatic carbocycles. The molecular weight excluding hydrogens is 234 g/mol. The molecule has 17 heavy (non-hydrogen) atoms. The number of carbonyl (C=O) groups is 1. The van der Waals surface area contributed by atoms with Crippen molar-refractivity contribution in [3.8, 4) is 0 Å². The highest BCUT2D eigenvalue weighted by Crippen LogP contribution is 2.23. The second kappa shape index (κ2) is 5.11. The third-order valence-corrected chi connectivity index (χ3v) is 2.92. The van der Waals surface area contributed by atoms with Crippen LogP contribution in [0, 0.1) is 0 Å². The molecule has 0 atom stereocenters. The molecule has 0 aliphatic rings. The first-order chi connectivity index (χ1) is 8.24. The van der Waals surface area contributed by atoms with Crippen molar-refractivity contribution in [1.29, 1.82) is 0 Å². The highest BCUT2D eigenvalue weighted by molar-refractivity contribution is 6.35. The number of nitrogens with zero attached hydrogens (tertiary/aromatic N) is 1. The maximum absolute atomic E-state index is 12.3. The zero-order valence-corrected chi connectivity index (χ0v) is 10.2. The highest BCUT2D eigenvalue weighted by atomic mass is 35.5. The Morgan fingerprint density at radius 3 is 2.71 bits per heavy atom. The van der Waals surface area contributed by atoms with E-state index in [1.807, 2.05) is 19.1 Å². The summed E-state index contributed by atoms with van der Waals surface area (Å²) in [5, 5.41) is 0.486. The van der Waals surface area contributed by atoms with E-state index in [9.17, 15) is 4.79 Å². The van der Waals surface area contributed by atoms with Gasteiger partial charge in [-0.3, -0.25) is 9.78 Å². The molecule has 2 aromatic rings. The van der Waals surface area contributed by atoms with E-state index in [4.69, 9.17) is 11.6 Å². The molecule has 0 spiro atoms. The van der Waals surface area contributed by atoms with Crippen LogP contribution in [0.4, 0.5) is 0 Å². The summed E-state index contributed by atoms with van der Waals surface area (Å²) in [4.78, 5) is 16.4. The van der Waals surface area contributed by atoms with Crippen LogP contribution in [0.2, 0.25) is 5.02 Å². The first kappa shape index (κ1) is 11.8. The van der Waals surface area contributed by atoms with Gasteiger partial charge < -0.3 is 0 Å². The number of ketones is 1. The van der Waals surface area contributed by atoms with Gasteiger partial charge in [0.1, 0.15) is 5.69 Å². The van der Waals surface area contributed by atoms with E-state index in [2.05, 4.69) is 4.98 Å². The van der Waals surface area contributed by atoms with Crippen LogP contribution in [0.1, 0.15) is 28.5 Å². The van der Waals surface area contributed by atoms with Gasteiger partial charge in [0.2, 0.25) is 5.78 Å². The fourth-order valence-electron chi connectivity index (χ4n) is 1.74. The topological polar surface area (TPSA) is 30.0 Å². The van der Waals surface area contributed by atoms with Crippen LogP contribution in [0.25, 0.3) is 0 Å². The van der Waals surface area contributed by atoms with Gasteiger partial charge in [-0.05, 0) is 30.2 Å². The van der Waals surface area contributed by atoms with Crippen molar-refractivity contribution < 1.29 is 4.79 Å². The van der Waals surface area contributed by atoms with E-state index in [-0.39, 0.29) is 5.78 Å². The van der Waals surface area contributed by atoms with Crippen molar-refractivity contribution in [3.63, 3.8) is 0 Å². The zero-order valence-electron chi connectivity index (χ0n) is 9.48. The molecular formula is C14H12ClNO. The number of halogens is 1. The number of aromatic nitrogens is 1. The van der Waals surface area contributed by atoms with Crippen LogP contribution in [-0.2, 0) is 6.42 Å². The van der Waals surface area contributed by atoms with Gasteiger partial charge in [0.15, 0.2) is 0 Å². The molecule has 0 saturated heterocycles. The Bertz CT molecular complexity index is 537. The average molecular weight is 246 g/mol. The minimum atomic E-state index is -0.118. The van der Waals surface area contributed by atoms with Crippen molar-refractivity contribution in [2.45, 2.75) is 13.3 Å². The number of benzene rings is 1. The molecule has 0 N–H and O–H groups in total.